The first kappa shape index (κ1) is 8.38. The average molecular weight is 176 g/mol. The Labute approximate surface area is 77.2 Å². The average Bonchev–Trinajstić information content (AvgIpc) is 2.71. The van der Waals surface area contributed by atoms with E-state index in [0.29, 0.717) is 0 Å². The van der Waals surface area contributed by atoms with Crippen molar-refractivity contribution in [3.63, 3.8) is 0 Å². The Balaban J connectivity index is 2.13. The highest BCUT2D eigenvalue weighted by Crippen LogP contribution is 2.14. The Hall–Kier alpha value is -1.22. The van der Waals surface area contributed by atoms with Gasteiger partial charge in [-0.15, -0.1) is 0 Å². The summed E-state index contributed by atoms with van der Waals surface area (Å²) >= 11 is 0. The number of Topliss-reactive ketones (excluding diaryl/α,β-unsaturated/α-hetero) is 1. The summed E-state index contributed by atoms with van der Waals surface area (Å²) in [5.74, 6) is 0.377. The van der Waals surface area contributed by atoms with Crippen molar-refractivity contribution in [2.75, 3.05) is 13.1 Å². The fourth-order valence-corrected chi connectivity index (χ4v) is 1.62. The highest BCUT2D eigenvalue weighted by molar-refractivity contribution is 5.97. The van der Waals surface area contributed by atoms with Gasteiger partial charge in [0.05, 0.1) is 0 Å². The molecule has 0 radical (unpaired) electrons. The molecule has 1 atom stereocenters. The minimum absolute atomic E-state index is 0.157. The molecular weight excluding hydrogens is 164 g/mol. The third kappa shape index (κ3) is 1.75. The second kappa shape index (κ2) is 3.66. The maximum Gasteiger partial charge on any atom is 0.168 e. The molecular formula is C10H12N2O. The topological polar surface area (TPSA) is 42.0 Å². The van der Waals surface area contributed by atoms with Gasteiger partial charge in [-0.25, -0.2) is 0 Å². The molecule has 0 aliphatic carbocycles. The molecule has 0 unspecified atom stereocenters. The van der Waals surface area contributed by atoms with E-state index in [1.807, 2.05) is 6.07 Å². The number of ketones is 1. The molecule has 0 amide bonds. The largest absolute Gasteiger partial charge is 0.316 e. The van der Waals surface area contributed by atoms with E-state index in [0.717, 1.165) is 25.1 Å². The predicted molar refractivity (Wildman–Crippen MR) is 49.5 cm³/mol. The lowest BCUT2D eigenvalue weighted by atomic mass is 9.98. The third-order valence-corrected chi connectivity index (χ3v) is 2.38. The first-order valence-corrected chi connectivity index (χ1v) is 4.53. The van der Waals surface area contributed by atoms with Crippen LogP contribution in [0.3, 0.4) is 0 Å². The van der Waals surface area contributed by atoms with Crippen LogP contribution in [-0.2, 0) is 0 Å². The summed E-state index contributed by atoms with van der Waals surface area (Å²) in [5, 5.41) is 3.18. The quantitative estimate of drug-likeness (QED) is 0.680. The van der Waals surface area contributed by atoms with Gasteiger partial charge in [-0.05, 0) is 25.1 Å². The van der Waals surface area contributed by atoms with Crippen molar-refractivity contribution in [3.8, 4) is 0 Å². The number of hydrogen-bond acceptors (Lipinski definition) is 3. The summed E-state index contributed by atoms with van der Waals surface area (Å²) < 4.78 is 0. The van der Waals surface area contributed by atoms with E-state index in [4.69, 9.17) is 0 Å². The molecule has 0 saturated carbocycles. The number of aromatic nitrogens is 1. The summed E-state index contributed by atoms with van der Waals surface area (Å²) in [7, 11) is 0. The molecule has 0 aromatic carbocycles. The van der Waals surface area contributed by atoms with Gasteiger partial charge in [-0.3, -0.25) is 9.78 Å². The van der Waals surface area contributed by atoms with Crippen molar-refractivity contribution in [1.82, 2.24) is 10.3 Å². The molecule has 2 heterocycles. The molecule has 1 aliphatic rings. The summed E-state index contributed by atoms with van der Waals surface area (Å²) in [4.78, 5) is 15.7. The van der Waals surface area contributed by atoms with Crippen molar-refractivity contribution in [3.05, 3.63) is 30.1 Å². The van der Waals surface area contributed by atoms with Gasteiger partial charge in [0, 0.05) is 30.4 Å². The summed E-state index contributed by atoms with van der Waals surface area (Å²) in [6, 6.07) is 3.63. The highest BCUT2D eigenvalue weighted by Gasteiger charge is 2.23. The molecule has 1 saturated heterocycles. The zero-order chi connectivity index (χ0) is 9.10. The van der Waals surface area contributed by atoms with E-state index in [1.165, 1.54) is 0 Å². The Morgan fingerprint density at radius 2 is 2.54 bits per heavy atom. The maximum absolute atomic E-state index is 11.8. The standard InChI is InChI=1S/C10H12N2O/c13-10(9-3-5-12-7-9)8-2-1-4-11-6-8/h1-2,4,6,9,12H,3,5,7H2/t9-/m1/s1. The van der Waals surface area contributed by atoms with Crippen LogP contribution in [0.15, 0.2) is 24.5 Å². The number of carbonyl (C=O) groups is 1. The molecule has 1 fully saturated rings. The van der Waals surface area contributed by atoms with Crippen LogP contribution in [0.5, 0.6) is 0 Å². The molecule has 3 nitrogen and oxygen atoms in total. The van der Waals surface area contributed by atoms with Crippen molar-refractivity contribution >= 4 is 5.78 Å². The van der Waals surface area contributed by atoms with E-state index in [1.54, 1.807) is 18.5 Å². The van der Waals surface area contributed by atoms with Gasteiger partial charge in [0.2, 0.25) is 0 Å². The SMILES string of the molecule is O=C(c1cccnc1)[C@@H]1CCNC1. The van der Waals surface area contributed by atoms with Crippen molar-refractivity contribution < 1.29 is 4.79 Å². The highest BCUT2D eigenvalue weighted by atomic mass is 16.1. The van der Waals surface area contributed by atoms with E-state index in [2.05, 4.69) is 10.3 Å². The first-order chi connectivity index (χ1) is 6.38. The number of rotatable bonds is 2. The van der Waals surface area contributed by atoms with E-state index in [-0.39, 0.29) is 11.7 Å². The zero-order valence-electron chi connectivity index (χ0n) is 7.36. The van der Waals surface area contributed by atoms with Gasteiger partial charge in [0.1, 0.15) is 0 Å². The molecule has 1 aliphatic heterocycles. The molecule has 2 rings (SSSR count). The zero-order valence-corrected chi connectivity index (χ0v) is 7.36. The predicted octanol–water partition coefficient (Wildman–Crippen LogP) is 0.874. The summed E-state index contributed by atoms with van der Waals surface area (Å²) in [6.07, 6.45) is 4.28. The smallest absolute Gasteiger partial charge is 0.168 e. The minimum Gasteiger partial charge on any atom is -0.316 e. The van der Waals surface area contributed by atoms with Crippen LogP contribution in [0.4, 0.5) is 0 Å². The molecule has 0 spiro atoms. The van der Waals surface area contributed by atoms with Gasteiger partial charge < -0.3 is 5.32 Å². The van der Waals surface area contributed by atoms with E-state index in [9.17, 15) is 4.79 Å². The monoisotopic (exact) mass is 176 g/mol. The van der Waals surface area contributed by atoms with Crippen molar-refractivity contribution in [1.29, 1.82) is 0 Å². The Kier molecular flexibility index (Phi) is 2.36. The molecule has 13 heavy (non-hydrogen) atoms. The lowest BCUT2D eigenvalue weighted by Crippen LogP contribution is -2.17. The van der Waals surface area contributed by atoms with Crippen LogP contribution in [0.1, 0.15) is 16.8 Å². The van der Waals surface area contributed by atoms with Crippen LogP contribution in [0.25, 0.3) is 0 Å². The van der Waals surface area contributed by atoms with Crippen LogP contribution in [0.2, 0.25) is 0 Å². The fourth-order valence-electron chi connectivity index (χ4n) is 1.62. The molecule has 3 heteroatoms. The number of hydrogen-bond donors (Lipinski definition) is 1. The molecule has 1 N–H and O–H groups in total. The fraction of sp³-hybridized carbons (Fsp3) is 0.400. The first-order valence-electron chi connectivity index (χ1n) is 4.53. The van der Waals surface area contributed by atoms with Crippen LogP contribution in [-0.4, -0.2) is 23.9 Å². The maximum atomic E-state index is 11.8. The van der Waals surface area contributed by atoms with Gasteiger partial charge in [0.15, 0.2) is 5.78 Å². The number of nitrogens with zero attached hydrogens (tertiary/aromatic N) is 1. The second-order valence-electron chi connectivity index (χ2n) is 3.30. The molecule has 1 aromatic heterocycles. The minimum atomic E-state index is 0.157. The van der Waals surface area contributed by atoms with Crippen LogP contribution >= 0.6 is 0 Å². The van der Waals surface area contributed by atoms with Gasteiger partial charge in [-0.2, -0.15) is 0 Å². The molecule has 68 valence electrons. The third-order valence-electron chi connectivity index (χ3n) is 2.38. The normalized spacial score (nSPS) is 21.7. The molecule has 0 bridgehead atoms. The lowest BCUT2D eigenvalue weighted by Gasteiger charge is -2.05. The second-order valence-corrected chi connectivity index (χ2v) is 3.30. The number of carbonyl (C=O) groups excluding carboxylic acids is 1. The van der Waals surface area contributed by atoms with Crippen LogP contribution in [0, 0.1) is 5.92 Å². The Morgan fingerprint density at radius 1 is 1.62 bits per heavy atom. The van der Waals surface area contributed by atoms with E-state index >= 15 is 0 Å². The van der Waals surface area contributed by atoms with Crippen LogP contribution < -0.4 is 5.32 Å². The van der Waals surface area contributed by atoms with Gasteiger partial charge >= 0.3 is 0 Å². The number of nitrogens with one attached hydrogen (secondary N) is 1. The Bertz CT molecular complexity index is 291. The van der Waals surface area contributed by atoms with E-state index < -0.39 is 0 Å². The van der Waals surface area contributed by atoms with Crippen molar-refractivity contribution in [2.45, 2.75) is 6.42 Å². The lowest BCUT2D eigenvalue weighted by molar-refractivity contribution is 0.0930. The van der Waals surface area contributed by atoms with Gasteiger partial charge in [-0.1, -0.05) is 0 Å². The number of pyridine rings is 1. The molecule has 1 aromatic rings. The summed E-state index contributed by atoms with van der Waals surface area (Å²) in [5.41, 5.74) is 0.733. The Morgan fingerprint density at radius 3 is 3.15 bits per heavy atom. The van der Waals surface area contributed by atoms with Crippen molar-refractivity contribution in [2.24, 2.45) is 5.92 Å². The summed E-state index contributed by atoms with van der Waals surface area (Å²) in [6.45, 7) is 1.77. The van der Waals surface area contributed by atoms with Gasteiger partial charge in [0.25, 0.3) is 0 Å².